The molecule has 0 atom stereocenters. The molecule has 2 amide bonds. The molecule has 0 bridgehead atoms. The van der Waals surface area contributed by atoms with Gasteiger partial charge in [-0.3, -0.25) is 0 Å². The maximum absolute atomic E-state index is 11.6. The van der Waals surface area contributed by atoms with Gasteiger partial charge in [0.2, 0.25) is 0 Å². The van der Waals surface area contributed by atoms with E-state index in [1.807, 2.05) is 0 Å². The van der Waals surface area contributed by atoms with E-state index in [9.17, 15) is 9.59 Å². The molecule has 1 heterocycles. The summed E-state index contributed by atoms with van der Waals surface area (Å²) in [4.78, 5) is 30.2. The quantitative estimate of drug-likeness (QED) is 0.773. The number of anilines is 1. The molecule has 0 radical (unpaired) electrons. The van der Waals surface area contributed by atoms with Crippen molar-refractivity contribution in [3.8, 4) is 0 Å². The number of aromatic nitrogens is 2. The topological polar surface area (TPSA) is 104 Å². The van der Waals surface area contributed by atoms with Gasteiger partial charge in [-0.25, -0.2) is 19.6 Å². The number of carboxylic acids is 1. The summed E-state index contributed by atoms with van der Waals surface area (Å²) in [6.07, 6.45) is 4.76. The van der Waals surface area contributed by atoms with Gasteiger partial charge in [0.25, 0.3) is 0 Å². The third kappa shape index (κ3) is 4.27. The summed E-state index contributed by atoms with van der Waals surface area (Å²) in [6.45, 7) is 0.323. The van der Waals surface area contributed by atoms with Gasteiger partial charge in [0.15, 0.2) is 0 Å². The minimum Gasteiger partial charge on any atom is -0.478 e. The summed E-state index contributed by atoms with van der Waals surface area (Å²) in [5, 5.41) is 14.3. The van der Waals surface area contributed by atoms with Crippen molar-refractivity contribution in [1.29, 1.82) is 0 Å². The number of hydrogen-bond donors (Lipinski definition) is 3. The molecule has 7 heteroatoms. The molecule has 0 aliphatic rings. The van der Waals surface area contributed by atoms with Crippen molar-refractivity contribution < 1.29 is 14.7 Å². The lowest BCUT2D eigenvalue weighted by molar-refractivity contribution is 0.0695. The van der Waals surface area contributed by atoms with Crippen molar-refractivity contribution in [2.45, 2.75) is 6.42 Å². The number of nitrogens with zero attached hydrogens (tertiary/aromatic N) is 2. The van der Waals surface area contributed by atoms with Gasteiger partial charge in [0.05, 0.1) is 23.6 Å². The second-order valence-corrected chi connectivity index (χ2v) is 4.22. The number of aromatic carboxylic acids is 1. The van der Waals surface area contributed by atoms with Crippen molar-refractivity contribution in [1.82, 2.24) is 15.3 Å². The number of rotatable bonds is 5. The van der Waals surface area contributed by atoms with Gasteiger partial charge in [-0.15, -0.1) is 0 Å². The number of carboxylic acid groups (broad SMARTS) is 1. The fourth-order valence-electron chi connectivity index (χ4n) is 1.80. The zero-order valence-corrected chi connectivity index (χ0v) is 11.1. The van der Waals surface area contributed by atoms with E-state index in [0.29, 0.717) is 24.2 Å². The maximum atomic E-state index is 11.6. The van der Waals surface area contributed by atoms with E-state index in [1.165, 1.54) is 18.7 Å². The third-order valence-electron chi connectivity index (χ3n) is 2.75. The fourth-order valence-corrected chi connectivity index (χ4v) is 1.80. The Labute approximate surface area is 121 Å². The Hall–Kier alpha value is -2.96. The van der Waals surface area contributed by atoms with Crippen molar-refractivity contribution in [3.05, 3.63) is 54.1 Å². The van der Waals surface area contributed by atoms with Gasteiger partial charge in [0, 0.05) is 6.54 Å². The molecule has 0 aliphatic heterocycles. The smallest absolute Gasteiger partial charge is 0.335 e. The number of nitrogens with one attached hydrogen (secondary N) is 2. The highest BCUT2D eigenvalue weighted by Crippen LogP contribution is 2.09. The van der Waals surface area contributed by atoms with Crippen LogP contribution in [0.15, 0.2) is 43.0 Å². The van der Waals surface area contributed by atoms with Crippen LogP contribution in [0.25, 0.3) is 0 Å². The molecule has 0 saturated carbocycles. The molecule has 0 unspecified atom stereocenters. The van der Waals surface area contributed by atoms with Gasteiger partial charge in [0.1, 0.15) is 6.33 Å². The van der Waals surface area contributed by atoms with Crippen LogP contribution in [0.5, 0.6) is 0 Å². The molecule has 0 spiro atoms. The predicted molar refractivity (Wildman–Crippen MR) is 76.2 cm³/mol. The molecule has 0 aliphatic carbocycles. The number of benzene rings is 1. The van der Waals surface area contributed by atoms with E-state index < -0.39 is 12.0 Å². The van der Waals surface area contributed by atoms with Crippen molar-refractivity contribution >= 4 is 17.7 Å². The normalized spacial score (nSPS) is 9.90. The van der Waals surface area contributed by atoms with Crippen LogP contribution in [0.1, 0.15) is 15.9 Å². The molecule has 1 aromatic carbocycles. The minimum atomic E-state index is -0.975. The summed E-state index contributed by atoms with van der Waals surface area (Å²) in [5.74, 6) is -0.975. The lowest BCUT2D eigenvalue weighted by atomic mass is 10.0. The number of hydrogen-bond acceptors (Lipinski definition) is 4. The van der Waals surface area contributed by atoms with Crippen LogP contribution in [0, 0.1) is 0 Å². The van der Waals surface area contributed by atoms with Crippen LogP contribution in [-0.2, 0) is 6.42 Å². The largest absolute Gasteiger partial charge is 0.478 e. The monoisotopic (exact) mass is 286 g/mol. The van der Waals surface area contributed by atoms with Gasteiger partial charge < -0.3 is 15.7 Å². The highest BCUT2D eigenvalue weighted by atomic mass is 16.4. The summed E-state index contributed by atoms with van der Waals surface area (Å²) in [5.41, 5.74) is 1.41. The van der Waals surface area contributed by atoms with Crippen LogP contribution in [-0.4, -0.2) is 33.6 Å². The van der Waals surface area contributed by atoms with Crippen LogP contribution in [0.3, 0.4) is 0 Å². The Morgan fingerprint density at radius 2 is 1.86 bits per heavy atom. The second kappa shape index (κ2) is 6.99. The third-order valence-corrected chi connectivity index (χ3v) is 2.75. The number of carbonyl (C=O) groups excluding carboxylic acids is 1. The number of urea groups is 1. The van der Waals surface area contributed by atoms with Crippen LogP contribution in [0.4, 0.5) is 10.5 Å². The summed E-state index contributed by atoms with van der Waals surface area (Å²) < 4.78 is 0. The molecule has 3 N–H and O–H groups in total. The molecular formula is C14H14N4O3. The van der Waals surface area contributed by atoms with E-state index in [0.717, 1.165) is 0 Å². The number of amides is 2. The molecule has 108 valence electrons. The Morgan fingerprint density at radius 3 is 2.57 bits per heavy atom. The standard InChI is InChI=1S/C14H14N4O3/c19-13(20)12-4-2-1-3-10(12)5-6-17-14(21)18-11-7-15-9-16-8-11/h1-4,7-9H,5-6H2,(H,19,20)(H2,17,18,21). The molecule has 1 aromatic heterocycles. The average Bonchev–Trinajstić information content (AvgIpc) is 2.48. The minimum absolute atomic E-state index is 0.246. The zero-order valence-electron chi connectivity index (χ0n) is 11.1. The first-order chi connectivity index (χ1) is 10.2. The Morgan fingerprint density at radius 1 is 1.14 bits per heavy atom. The molecular weight excluding hydrogens is 272 g/mol. The van der Waals surface area contributed by atoms with Crippen LogP contribution >= 0.6 is 0 Å². The molecule has 0 saturated heterocycles. The lowest BCUT2D eigenvalue weighted by Crippen LogP contribution is -2.30. The maximum Gasteiger partial charge on any atom is 0.335 e. The van der Waals surface area contributed by atoms with Crippen molar-refractivity contribution in [2.24, 2.45) is 0 Å². The van der Waals surface area contributed by atoms with Gasteiger partial charge >= 0.3 is 12.0 Å². The van der Waals surface area contributed by atoms with Crippen LogP contribution in [0.2, 0.25) is 0 Å². The van der Waals surface area contributed by atoms with Crippen molar-refractivity contribution in [3.63, 3.8) is 0 Å². The fraction of sp³-hybridized carbons (Fsp3) is 0.143. The Kier molecular flexibility index (Phi) is 4.81. The van der Waals surface area contributed by atoms with Gasteiger partial charge in [-0.1, -0.05) is 18.2 Å². The Bertz CT molecular complexity index is 631. The number of carbonyl (C=O) groups is 2. The van der Waals surface area contributed by atoms with Crippen molar-refractivity contribution in [2.75, 3.05) is 11.9 Å². The molecule has 2 rings (SSSR count). The van der Waals surface area contributed by atoms with E-state index in [4.69, 9.17) is 5.11 Å². The molecule has 2 aromatic rings. The average molecular weight is 286 g/mol. The molecule has 21 heavy (non-hydrogen) atoms. The first-order valence-corrected chi connectivity index (χ1v) is 6.28. The second-order valence-electron chi connectivity index (χ2n) is 4.22. The highest BCUT2D eigenvalue weighted by molar-refractivity contribution is 5.90. The van der Waals surface area contributed by atoms with Crippen LogP contribution < -0.4 is 10.6 Å². The summed E-state index contributed by atoms with van der Waals surface area (Å²) in [7, 11) is 0. The SMILES string of the molecule is O=C(NCCc1ccccc1C(=O)O)Nc1cncnc1. The summed E-state index contributed by atoms with van der Waals surface area (Å²) >= 11 is 0. The van der Waals surface area contributed by atoms with Gasteiger partial charge in [-0.05, 0) is 18.1 Å². The molecule has 0 fully saturated rings. The first kappa shape index (κ1) is 14.4. The summed E-state index contributed by atoms with van der Waals surface area (Å²) in [6, 6.07) is 6.32. The van der Waals surface area contributed by atoms with Gasteiger partial charge in [-0.2, -0.15) is 0 Å². The first-order valence-electron chi connectivity index (χ1n) is 6.28. The van der Waals surface area contributed by atoms with E-state index in [2.05, 4.69) is 20.6 Å². The Balaban J connectivity index is 1.84. The van der Waals surface area contributed by atoms with E-state index in [-0.39, 0.29) is 5.56 Å². The zero-order chi connectivity index (χ0) is 15.1. The predicted octanol–water partition coefficient (Wildman–Crippen LogP) is 1.54. The molecule has 7 nitrogen and oxygen atoms in total. The highest BCUT2D eigenvalue weighted by Gasteiger charge is 2.09. The van der Waals surface area contributed by atoms with E-state index in [1.54, 1.807) is 24.3 Å². The van der Waals surface area contributed by atoms with E-state index >= 15 is 0 Å². The lowest BCUT2D eigenvalue weighted by Gasteiger charge is -2.08.